The smallest absolute Gasteiger partial charge is 0.326 e. The van der Waals surface area contributed by atoms with E-state index >= 15 is 0 Å². The van der Waals surface area contributed by atoms with Crippen LogP contribution in [0.1, 0.15) is 31.2 Å². The second kappa shape index (κ2) is 7.11. The molecule has 1 fully saturated rings. The first-order chi connectivity index (χ1) is 10.1. The number of piperidine rings is 1. The molecule has 1 saturated heterocycles. The van der Waals surface area contributed by atoms with Crippen LogP contribution in [-0.2, 0) is 9.59 Å². The lowest BCUT2D eigenvalue weighted by atomic mass is 10.0. The minimum atomic E-state index is -0.914. The van der Waals surface area contributed by atoms with E-state index in [-0.39, 0.29) is 18.9 Å². The Bertz CT molecular complexity index is 515. The summed E-state index contributed by atoms with van der Waals surface area (Å²) in [6, 6.07) is 6.95. The number of hydrogen-bond acceptors (Lipinski definition) is 3. The molecule has 0 bridgehead atoms. The summed E-state index contributed by atoms with van der Waals surface area (Å²) in [7, 11) is 0. The number of carboxylic acids is 1. The molecule has 2 rings (SSSR count). The number of benzene rings is 1. The predicted octanol–water partition coefficient (Wildman–Crippen LogP) is 2.23. The topological polar surface area (TPSA) is 66.8 Å². The lowest BCUT2D eigenvalue weighted by Gasteiger charge is -2.33. The van der Waals surface area contributed by atoms with Crippen molar-refractivity contribution in [2.45, 2.75) is 38.6 Å². The Kier molecular flexibility index (Phi) is 5.20. The quantitative estimate of drug-likeness (QED) is 0.903. The average Bonchev–Trinajstić information content (AvgIpc) is 2.49. The zero-order chi connectivity index (χ0) is 15.2. The lowest BCUT2D eigenvalue weighted by Crippen LogP contribution is -2.48. The maximum Gasteiger partial charge on any atom is 0.326 e. The molecule has 1 N–H and O–H groups in total. The highest BCUT2D eigenvalue weighted by Crippen LogP contribution is 2.19. The van der Waals surface area contributed by atoms with Crippen molar-refractivity contribution in [1.29, 1.82) is 0 Å². The van der Waals surface area contributed by atoms with Crippen LogP contribution in [0, 0.1) is 6.92 Å². The van der Waals surface area contributed by atoms with Crippen molar-refractivity contribution in [3.8, 4) is 5.75 Å². The molecule has 0 aliphatic carbocycles. The van der Waals surface area contributed by atoms with Gasteiger partial charge < -0.3 is 14.7 Å². The van der Waals surface area contributed by atoms with E-state index in [0.717, 1.165) is 24.2 Å². The SMILES string of the molecule is Cc1ccccc1OCCC(=O)N1CCCC[C@@H]1C(=O)O. The highest BCUT2D eigenvalue weighted by atomic mass is 16.5. The summed E-state index contributed by atoms with van der Waals surface area (Å²) in [5.41, 5.74) is 1.02. The number of carboxylic acid groups (broad SMARTS) is 1. The van der Waals surface area contributed by atoms with Crippen molar-refractivity contribution in [3.63, 3.8) is 0 Å². The molecule has 1 atom stereocenters. The second-order valence-electron chi connectivity index (χ2n) is 5.30. The summed E-state index contributed by atoms with van der Waals surface area (Å²) in [6.45, 7) is 2.74. The summed E-state index contributed by atoms with van der Waals surface area (Å²) < 4.78 is 5.60. The molecule has 21 heavy (non-hydrogen) atoms. The Morgan fingerprint density at radius 1 is 1.33 bits per heavy atom. The fraction of sp³-hybridized carbons (Fsp3) is 0.500. The van der Waals surface area contributed by atoms with Gasteiger partial charge in [0.1, 0.15) is 11.8 Å². The van der Waals surface area contributed by atoms with Gasteiger partial charge in [0.2, 0.25) is 5.91 Å². The van der Waals surface area contributed by atoms with Crippen LogP contribution in [-0.4, -0.2) is 41.1 Å². The number of para-hydroxylation sites is 1. The summed E-state index contributed by atoms with van der Waals surface area (Å²) in [6.07, 6.45) is 2.48. The predicted molar refractivity (Wildman–Crippen MR) is 78.3 cm³/mol. The van der Waals surface area contributed by atoms with Crippen molar-refractivity contribution >= 4 is 11.9 Å². The van der Waals surface area contributed by atoms with E-state index < -0.39 is 12.0 Å². The van der Waals surface area contributed by atoms with Crippen molar-refractivity contribution < 1.29 is 19.4 Å². The Morgan fingerprint density at radius 3 is 2.81 bits per heavy atom. The molecule has 1 aliphatic heterocycles. The molecule has 0 spiro atoms. The molecule has 1 amide bonds. The molecular weight excluding hydrogens is 270 g/mol. The Balaban J connectivity index is 1.86. The third-order valence-electron chi connectivity index (χ3n) is 3.78. The van der Waals surface area contributed by atoms with Crippen LogP contribution in [0.15, 0.2) is 24.3 Å². The number of rotatable bonds is 5. The van der Waals surface area contributed by atoms with E-state index in [4.69, 9.17) is 4.74 Å². The maximum atomic E-state index is 12.2. The van der Waals surface area contributed by atoms with Gasteiger partial charge in [-0.25, -0.2) is 4.79 Å². The summed E-state index contributed by atoms with van der Waals surface area (Å²) >= 11 is 0. The van der Waals surface area contributed by atoms with E-state index in [2.05, 4.69) is 0 Å². The molecule has 0 unspecified atom stereocenters. The van der Waals surface area contributed by atoms with Crippen LogP contribution >= 0.6 is 0 Å². The molecule has 1 aromatic carbocycles. The van der Waals surface area contributed by atoms with Crippen molar-refractivity contribution in [2.24, 2.45) is 0 Å². The molecule has 1 aliphatic rings. The summed E-state index contributed by atoms with van der Waals surface area (Å²) in [5.74, 6) is -0.294. The van der Waals surface area contributed by atoms with Gasteiger partial charge in [-0.05, 0) is 37.8 Å². The minimum Gasteiger partial charge on any atom is -0.493 e. The van der Waals surface area contributed by atoms with E-state index in [1.165, 1.54) is 4.90 Å². The Labute approximate surface area is 124 Å². The number of amides is 1. The average molecular weight is 291 g/mol. The maximum absolute atomic E-state index is 12.2. The summed E-state index contributed by atoms with van der Waals surface area (Å²) in [4.78, 5) is 24.8. The first-order valence-electron chi connectivity index (χ1n) is 7.30. The van der Waals surface area contributed by atoms with Gasteiger partial charge in [0.25, 0.3) is 0 Å². The Morgan fingerprint density at radius 2 is 2.10 bits per heavy atom. The largest absolute Gasteiger partial charge is 0.493 e. The van der Waals surface area contributed by atoms with Crippen LogP contribution in [0.3, 0.4) is 0 Å². The van der Waals surface area contributed by atoms with Crippen molar-refractivity contribution in [1.82, 2.24) is 4.90 Å². The van der Waals surface area contributed by atoms with Crippen molar-refractivity contribution in [3.05, 3.63) is 29.8 Å². The highest BCUT2D eigenvalue weighted by molar-refractivity contribution is 5.83. The fourth-order valence-electron chi connectivity index (χ4n) is 2.60. The first kappa shape index (κ1) is 15.4. The fourth-order valence-corrected chi connectivity index (χ4v) is 2.60. The van der Waals surface area contributed by atoms with E-state index in [9.17, 15) is 14.7 Å². The van der Waals surface area contributed by atoms with Gasteiger partial charge in [0.05, 0.1) is 13.0 Å². The third-order valence-corrected chi connectivity index (χ3v) is 3.78. The number of aryl methyl sites for hydroxylation is 1. The van der Waals surface area contributed by atoms with Crippen molar-refractivity contribution in [2.75, 3.05) is 13.2 Å². The number of aliphatic carboxylic acids is 1. The standard InChI is InChI=1S/C16H21NO4/c1-12-6-2-3-8-14(12)21-11-9-15(18)17-10-5-4-7-13(17)16(19)20/h2-3,6,8,13H,4-5,7,9-11H2,1H3,(H,19,20)/t13-/m1/s1. The van der Waals surface area contributed by atoms with Crippen LogP contribution < -0.4 is 4.74 Å². The van der Waals surface area contributed by atoms with Crippen LogP contribution in [0.4, 0.5) is 0 Å². The summed E-state index contributed by atoms with van der Waals surface area (Å²) in [5, 5.41) is 9.17. The number of carbonyl (C=O) groups excluding carboxylic acids is 1. The highest BCUT2D eigenvalue weighted by Gasteiger charge is 2.31. The number of likely N-dealkylation sites (tertiary alicyclic amines) is 1. The van der Waals surface area contributed by atoms with Crippen LogP contribution in [0.2, 0.25) is 0 Å². The number of carbonyl (C=O) groups is 2. The number of nitrogens with zero attached hydrogens (tertiary/aromatic N) is 1. The number of hydrogen-bond donors (Lipinski definition) is 1. The van der Waals surface area contributed by atoms with E-state index in [1.54, 1.807) is 0 Å². The molecular formula is C16H21NO4. The molecule has 0 aromatic heterocycles. The lowest BCUT2D eigenvalue weighted by molar-refractivity contribution is -0.152. The van der Waals surface area contributed by atoms with Crippen LogP contribution in [0.25, 0.3) is 0 Å². The van der Waals surface area contributed by atoms with Gasteiger partial charge in [0, 0.05) is 6.54 Å². The van der Waals surface area contributed by atoms with Crippen LogP contribution in [0.5, 0.6) is 5.75 Å². The molecule has 114 valence electrons. The molecule has 1 heterocycles. The van der Waals surface area contributed by atoms with Gasteiger partial charge in [-0.2, -0.15) is 0 Å². The zero-order valence-corrected chi connectivity index (χ0v) is 12.2. The molecule has 5 nitrogen and oxygen atoms in total. The molecule has 1 aromatic rings. The second-order valence-corrected chi connectivity index (χ2v) is 5.30. The molecule has 0 radical (unpaired) electrons. The Hall–Kier alpha value is -2.04. The monoisotopic (exact) mass is 291 g/mol. The van der Waals surface area contributed by atoms with E-state index in [1.807, 2.05) is 31.2 Å². The first-order valence-corrected chi connectivity index (χ1v) is 7.30. The molecule has 0 saturated carbocycles. The third kappa shape index (κ3) is 3.97. The van der Waals surface area contributed by atoms with Gasteiger partial charge in [-0.1, -0.05) is 18.2 Å². The van der Waals surface area contributed by atoms with Gasteiger partial charge >= 0.3 is 5.97 Å². The zero-order valence-electron chi connectivity index (χ0n) is 12.2. The van der Waals surface area contributed by atoms with Gasteiger partial charge in [0.15, 0.2) is 0 Å². The number of ether oxygens (including phenoxy) is 1. The van der Waals surface area contributed by atoms with Gasteiger partial charge in [-0.3, -0.25) is 4.79 Å². The van der Waals surface area contributed by atoms with E-state index in [0.29, 0.717) is 13.0 Å². The van der Waals surface area contributed by atoms with Gasteiger partial charge in [-0.15, -0.1) is 0 Å². The minimum absolute atomic E-state index is 0.143. The molecule has 5 heteroatoms. The normalized spacial score (nSPS) is 18.3.